The van der Waals surface area contributed by atoms with Gasteiger partial charge in [-0.2, -0.15) is 0 Å². The first-order chi connectivity index (χ1) is 9.25. The van der Waals surface area contributed by atoms with Gasteiger partial charge in [0.15, 0.2) is 0 Å². The Morgan fingerprint density at radius 3 is 2.05 bits per heavy atom. The fraction of sp³-hybridized carbons (Fsp3) is 0.0667. The number of nitrogens with zero attached hydrogens (tertiary/aromatic N) is 1. The summed E-state index contributed by atoms with van der Waals surface area (Å²) in [6.45, 7) is 0.402. The Morgan fingerprint density at radius 1 is 1.00 bits per heavy atom. The summed E-state index contributed by atoms with van der Waals surface area (Å²) in [5.74, 6) is 0. The van der Waals surface area contributed by atoms with E-state index in [-0.39, 0.29) is 0 Å². The molecule has 3 rings (SSSR count). The summed E-state index contributed by atoms with van der Waals surface area (Å²) in [5.41, 5.74) is 8.04. The summed E-state index contributed by atoms with van der Waals surface area (Å²) in [5, 5.41) is 4.73. The lowest BCUT2D eigenvalue weighted by atomic mass is 10.0. The van der Waals surface area contributed by atoms with Crippen LogP contribution in [0, 0.1) is 0 Å². The maximum atomic E-state index is 10.9. The Balaban J connectivity index is 2.29. The molecular formula is C15H13N3O. The molecule has 0 fully saturated rings. The van der Waals surface area contributed by atoms with Crippen LogP contribution in [-0.4, -0.2) is 11.0 Å². The topological polar surface area (TPSA) is 68.0 Å². The number of fused-ring (bicyclic) bond motifs is 2. The number of amides is 2. The number of pyridine rings is 1. The number of urea groups is 1. The van der Waals surface area contributed by atoms with Crippen LogP contribution in [0.2, 0.25) is 0 Å². The molecule has 0 unspecified atom stereocenters. The quantitative estimate of drug-likeness (QED) is 0.687. The fourth-order valence-electron chi connectivity index (χ4n) is 2.29. The van der Waals surface area contributed by atoms with Crippen molar-refractivity contribution in [2.24, 2.45) is 5.73 Å². The third-order valence-electron chi connectivity index (χ3n) is 3.14. The molecule has 4 nitrogen and oxygen atoms in total. The molecule has 0 bridgehead atoms. The van der Waals surface area contributed by atoms with E-state index in [0.717, 1.165) is 27.4 Å². The lowest BCUT2D eigenvalue weighted by Gasteiger charge is -2.10. The number of primary amides is 1. The Morgan fingerprint density at radius 2 is 1.53 bits per heavy atom. The van der Waals surface area contributed by atoms with E-state index in [1.165, 1.54) is 0 Å². The van der Waals surface area contributed by atoms with Gasteiger partial charge in [-0.1, -0.05) is 36.4 Å². The van der Waals surface area contributed by atoms with Crippen LogP contribution in [0.15, 0.2) is 48.5 Å². The second-order valence-electron chi connectivity index (χ2n) is 4.34. The van der Waals surface area contributed by atoms with Crippen molar-refractivity contribution in [2.45, 2.75) is 6.54 Å². The SMILES string of the molecule is NC(=O)NCc1c2ccccc2nc2ccccc12. The largest absolute Gasteiger partial charge is 0.352 e. The monoisotopic (exact) mass is 251 g/mol. The second kappa shape index (κ2) is 4.57. The van der Waals surface area contributed by atoms with E-state index < -0.39 is 6.03 Å². The number of hydrogen-bond acceptors (Lipinski definition) is 2. The molecule has 0 aliphatic heterocycles. The Hall–Kier alpha value is -2.62. The zero-order chi connectivity index (χ0) is 13.2. The molecule has 2 aromatic carbocycles. The van der Waals surface area contributed by atoms with Crippen molar-refractivity contribution in [2.75, 3.05) is 0 Å². The lowest BCUT2D eigenvalue weighted by molar-refractivity contribution is 0.248. The highest BCUT2D eigenvalue weighted by Crippen LogP contribution is 2.25. The normalized spacial score (nSPS) is 10.7. The first-order valence-corrected chi connectivity index (χ1v) is 6.05. The molecule has 0 saturated carbocycles. The molecular weight excluding hydrogens is 238 g/mol. The highest BCUT2D eigenvalue weighted by molar-refractivity contribution is 5.97. The van der Waals surface area contributed by atoms with E-state index in [1.807, 2.05) is 48.5 Å². The number of carbonyl (C=O) groups is 1. The highest BCUT2D eigenvalue weighted by atomic mass is 16.2. The van der Waals surface area contributed by atoms with E-state index in [1.54, 1.807) is 0 Å². The van der Waals surface area contributed by atoms with E-state index in [9.17, 15) is 4.79 Å². The summed E-state index contributed by atoms with van der Waals surface area (Å²) in [7, 11) is 0. The highest BCUT2D eigenvalue weighted by Gasteiger charge is 2.08. The number of para-hydroxylation sites is 2. The molecule has 2 amide bonds. The molecule has 3 aromatic rings. The summed E-state index contributed by atoms with van der Waals surface area (Å²) in [6.07, 6.45) is 0. The lowest BCUT2D eigenvalue weighted by Crippen LogP contribution is -2.28. The number of rotatable bonds is 2. The van der Waals surface area contributed by atoms with Crippen LogP contribution in [0.1, 0.15) is 5.56 Å². The minimum atomic E-state index is -0.523. The maximum absolute atomic E-state index is 10.9. The van der Waals surface area contributed by atoms with Gasteiger partial charge in [0.1, 0.15) is 0 Å². The van der Waals surface area contributed by atoms with Crippen LogP contribution in [0.5, 0.6) is 0 Å². The van der Waals surface area contributed by atoms with Crippen molar-refractivity contribution in [3.05, 3.63) is 54.1 Å². The van der Waals surface area contributed by atoms with Crippen molar-refractivity contribution in [1.82, 2.24) is 10.3 Å². The minimum absolute atomic E-state index is 0.402. The summed E-state index contributed by atoms with van der Waals surface area (Å²) in [4.78, 5) is 15.6. The molecule has 1 aromatic heterocycles. The Labute approximate surface area is 110 Å². The Kier molecular flexibility index (Phi) is 2.76. The smallest absolute Gasteiger partial charge is 0.312 e. The average Bonchev–Trinajstić information content (AvgIpc) is 2.43. The van der Waals surface area contributed by atoms with E-state index in [0.29, 0.717) is 6.54 Å². The van der Waals surface area contributed by atoms with Crippen LogP contribution < -0.4 is 11.1 Å². The molecule has 0 spiro atoms. The predicted octanol–water partition coefficient (Wildman–Crippen LogP) is 2.56. The van der Waals surface area contributed by atoms with Gasteiger partial charge in [-0.05, 0) is 17.7 Å². The minimum Gasteiger partial charge on any atom is -0.352 e. The molecule has 0 aliphatic carbocycles. The average molecular weight is 251 g/mol. The number of benzene rings is 2. The number of nitrogens with one attached hydrogen (secondary N) is 1. The molecule has 3 N–H and O–H groups in total. The summed E-state index contributed by atoms with van der Waals surface area (Å²) >= 11 is 0. The van der Waals surface area contributed by atoms with Gasteiger partial charge in [-0.3, -0.25) is 0 Å². The third-order valence-corrected chi connectivity index (χ3v) is 3.14. The van der Waals surface area contributed by atoms with Crippen molar-refractivity contribution in [3.63, 3.8) is 0 Å². The van der Waals surface area contributed by atoms with Gasteiger partial charge in [0, 0.05) is 17.3 Å². The molecule has 0 atom stereocenters. The van der Waals surface area contributed by atoms with Crippen molar-refractivity contribution in [1.29, 1.82) is 0 Å². The van der Waals surface area contributed by atoms with Crippen molar-refractivity contribution < 1.29 is 4.79 Å². The van der Waals surface area contributed by atoms with E-state index in [4.69, 9.17) is 5.73 Å². The molecule has 94 valence electrons. The van der Waals surface area contributed by atoms with E-state index >= 15 is 0 Å². The van der Waals surface area contributed by atoms with Crippen LogP contribution in [0.25, 0.3) is 21.8 Å². The first-order valence-electron chi connectivity index (χ1n) is 6.05. The molecule has 0 radical (unpaired) electrons. The van der Waals surface area contributed by atoms with Gasteiger partial charge >= 0.3 is 6.03 Å². The maximum Gasteiger partial charge on any atom is 0.312 e. The molecule has 0 aliphatic rings. The second-order valence-corrected chi connectivity index (χ2v) is 4.34. The predicted molar refractivity (Wildman–Crippen MR) is 75.7 cm³/mol. The summed E-state index contributed by atoms with van der Waals surface area (Å²) in [6, 6.07) is 15.3. The molecule has 0 saturated heterocycles. The number of carbonyl (C=O) groups excluding carboxylic acids is 1. The van der Waals surface area contributed by atoms with Gasteiger partial charge < -0.3 is 11.1 Å². The molecule has 1 heterocycles. The van der Waals surface area contributed by atoms with Gasteiger partial charge in [-0.25, -0.2) is 9.78 Å². The zero-order valence-corrected chi connectivity index (χ0v) is 10.3. The Bertz CT molecular complexity index is 714. The van der Waals surface area contributed by atoms with Crippen molar-refractivity contribution in [3.8, 4) is 0 Å². The van der Waals surface area contributed by atoms with Crippen LogP contribution in [-0.2, 0) is 6.54 Å². The van der Waals surface area contributed by atoms with E-state index in [2.05, 4.69) is 10.3 Å². The standard InChI is InChI=1S/C15H13N3O/c16-15(19)17-9-12-10-5-1-3-7-13(10)18-14-8-4-2-6-11(12)14/h1-8H,9H2,(H3,16,17,19). The number of nitrogens with two attached hydrogens (primary N) is 1. The van der Waals surface area contributed by atoms with Crippen LogP contribution >= 0.6 is 0 Å². The van der Waals surface area contributed by atoms with Gasteiger partial charge in [-0.15, -0.1) is 0 Å². The van der Waals surface area contributed by atoms with Crippen LogP contribution in [0.3, 0.4) is 0 Å². The third kappa shape index (κ3) is 2.08. The van der Waals surface area contributed by atoms with Gasteiger partial charge in [0.25, 0.3) is 0 Å². The van der Waals surface area contributed by atoms with Gasteiger partial charge in [0.05, 0.1) is 11.0 Å². The molecule has 19 heavy (non-hydrogen) atoms. The van der Waals surface area contributed by atoms with Crippen LogP contribution in [0.4, 0.5) is 4.79 Å². The number of aromatic nitrogens is 1. The number of hydrogen-bond donors (Lipinski definition) is 2. The molecule has 4 heteroatoms. The van der Waals surface area contributed by atoms with Crippen molar-refractivity contribution >= 4 is 27.8 Å². The summed E-state index contributed by atoms with van der Waals surface area (Å²) < 4.78 is 0. The van der Waals surface area contributed by atoms with Gasteiger partial charge in [0.2, 0.25) is 0 Å². The zero-order valence-electron chi connectivity index (χ0n) is 10.3. The first kappa shape index (κ1) is 11.5. The fourth-order valence-corrected chi connectivity index (χ4v) is 2.29.